The lowest BCUT2D eigenvalue weighted by Crippen LogP contribution is -2.29. The molecule has 1 atom stereocenters. The molecule has 0 spiro atoms. The van der Waals surface area contributed by atoms with Gasteiger partial charge >= 0.3 is 17.9 Å². The summed E-state index contributed by atoms with van der Waals surface area (Å²) in [4.78, 5) is 34.5. The fourth-order valence-electron chi connectivity index (χ4n) is 3.95. The van der Waals surface area contributed by atoms with Gasteiger partial charge in [0.1, 0.15) is 19.0 Å². The summed E-state index contributed by atoms with van der Waals surface area (Å²) in [6.45, 7) is 6.71. The van der Waals surface area contributed by atoms with Gasteiger partial charge in [-0.3, -0.25) is 9.59 Å². The average molecular weight is 533 g/mol. The fraction of sp³-hybridized carbons (Fsp3) is 0.645. The predicted molar refractivity (Wildman–Crippen MR) is 150 cm³/mol. The highest BCUT2D eigenvalue weighted by Gasteiger charge is 2.17. The molecular formula is C31H48O7. The molecule has 0 amide bonds. The zero-order chi connectivity index (χ0) is 28.0. The number of ether oxygens (including phenoxy) is 4. The second-order valence-electron chi connectivity index (χ2n) is 9.77. The van der Waals surface area contributed by atoms with Crippen LogP contribution in [0.25, 0.3) is 6.08 Å². The molecule has 0 aliphatic rings. The Balaban J connectivity index is 2.25. The van der Waals surface area contributed by atoms with Gasteiger partial charge in [-0.25, -0.2) is 4.79 Å². The second-order valence-corrected chi connectivity index (χ2v) is 9.77. The smallest absolute Gasteiger partial charge is 0.333 e. The van der Waals surface area contributed by atoms with Crippen molar-refractivity contribution in [3.05, 3.63) is 35.4 Å². The second kappa shape index (κ2) is 21.1. The van der Waals surface area contributed by atoms with Gasteiger partial charge in [0.25, 0.3) is 0 Å². The van der Waals surface area contributed by atoms with Gasteiger partial charge in [0.2, 0.25) is 0 Å². The van der Waals surface area contributed by atoms with E-state index in [4.69, 9.17) is 18.9 Å². The summed E-state index contributed by atoms with van der Waals surface area (Å²) < 4.78 is 20.9. The summed E-state index contributed by atoms with van der Waals surface area (Å²) >= 11 is 0. The maximum Gasteiger partial charge on any atom is 0.333 e. The summed E-state index contributed by atoms with van der Waals surface area (Å²) in [7, 11) is 0. The van der Waals surface area contributed by atoms with E-state index in [9.17, 15) is 14.4 Å². The Morgan fingerprint density at radius 2 is 1.24 bits per heavy atom. The first kappa shape index (κ1) is 33.2. The number of benzene rings is 1. The Hall–Kier alpha value is -2.83. The van der Waals surface area contributed by atoms with E-state index in [-0.39, 0.29) is 13.2 Å². The molecule has 38 heavy (non-hydrogen) atoms. The van der Waals surface area contributed by atoms with E-state index in [1.807, 2.05) is 24.3 Å². The number of rotatable bonds is 21. The van der Waals surface area contributed by atoms with Crippen LogP contribution in [0.5, 0.6) is 5.75 Å². The van der Waals surface area contributed by atoms with Crippen LogP contribution in [0.1, 0.15) is 110 Å². The van der Waals surface area contributed by atoms with Gasteiger partial charge < -0.3 is 18.9 Å². The molecule has 0 aliphatic carbocycles. The highest BCUT2D eigenvalue weighted by molar-refractivity contribution is 5.93. The largest absolute Gasteiger partial charge is 0.494 e. The third-order valence-corrected chi connectivity index (χ3v) is 6.06. The summed E-state index contributed by atoms with van der Waals surface area (Å²) in [5.74, 6) is -0.796. The van der Waals surface area contributed by atoms with Gasteiger partial charge in [0, 0.05) is 19.4 Å². The molecule has 0 saturated heterocycles. The molecule has 0 aromatic heterocycles. The number of esters is 3. The minimum atomic E-state index is -0.852. The third-order valence-electron chi connectivity index (χ3n) is 6.06. The van der Waals surface area contributed by atoms with Crippen LogP contribution < -0.4 is 4.74 Å². The van der Waals surface area contributed by atoms with Crippen LogP contribution in [0.4, 0.5) is 0 Å². The Bertz CT molecular complexity index is 829. The quantitative estimate of drug-likeness (QED) is 0.0715. The topological polar surface area (TPSA) is 88.1 Å². The molecule has 0 saturated carbocycles. The Morgan fingerprint density at radius 3 is 1.76 bits per heavy atom. The van der Waals surface area contributed by atoms with E-state index >= 15 is 0 Å². The van der Waals surface area contributed by atoms with Crippen molar-refractivity contribution in [3.63, 3.8) is 0 Å². The number of hydrogen-bond donors (Lipinski definition) is 0. The average Bonchev–Trinajstić information content (AvgIpc) is 2.88. The van der Waals surface area contributed by atoms with Crippen molar-refractivity contribution >= 4 is 24.0 Å². The molecule has 7 heteroatoms. The molecule has 1 rings (SSSR count). The van der Waals surface area contributed by atoms with Crippen LogP contribution in [0.2, 0.25) is 0 Å². The summed E-state index contributed by atoms with van der Waals surface area (Å²) in [6.07, 6.45) is 16.7. The zero-order valence-corrected chi connectivity index (χ0v) is 23.9. The molecular weight excluding hydrogens is 484 g/mol. The maximum atomic E-state index is 12.3. The van der Waals surface area contributed by atoms with E-state index in [1.54, 1.807) is 13.0 Å². The summed E-state index contributed by atoms with van der Waals surface area (Å²) in [5, 5.41) is 0. The lowest BCUT2D eigenvalue weighted by molar-refractivity contribution is -0.163. The highest BCUT2D eigenvalue weighted by Crippen LogP contribution is 2.16. The van der Waals surface area contributed by atoms with Crippen molar-refractivity contribution in [2.75, 3.05) is 19.8 Å². The van der Waals surface area contributed by atoms with Gasteiger partial charge in [-0.1, -0.05) is 89.7 Å². The summed E-state index contributed by atoms with van der Waals surface area (Å²) in [5.41, 5.74) is 1.23. The lowest BCUT2D eigenvalue weighted by Gasteiger charge is -2.16. The first-order valence-corrected chi connectivity index (χ1v) is 14.2. The van der Waals surface area contributed by atoms with E-state index in [2.05, 4.69) is 6.92 Å². The maximum absolute atomic E-state index is 12.3. The minimum Gasteiger partial charge on any atom is -0.494 e. The van der Waals surface area contributed by atoms with Crippen LogP contribution in [0, 0.1) is 0 Å². The van der Waals surface area contributed by atoms with Gasteiger partial charge in [-0.2, -0.15) is 0 Å². The molecule has 0 heterocycles. The molecule has 0 radical (unpaired) electrons. The van der Waals surface area contributed by atoms with Gasteiger partial charge in [-0.05, 0) is 37.1 Å². The van der Waals surface area contributed by atoms with E-state index in [0.29, 0.717) is 12.2 Å². The highest BCUT2D eigenvalue weighted by atomic mass is 16.6. The van der Waals surface area contributed by atoms with E-state index in [0.717, 1.165) is 17.7 Å². The number of unbranched alkanes of at least 4 members (excludes halogenated alkanes) is 11. The van der Waals surface area contributed by atoms with Crippen LogP contribution in [-0.2, 0) is 28.6 Å². The Morgan fingerprint density at radius 1 is 0.711 bits per heavy atom. The number of hydrogen-bond acceptors (Lipinski definition) is 7. The molecule has 0 fully saturated rings. The molecule has 214 valence electrons. The van der Waals surface area contributed by atoms with Crippen LogP contribution in [0.15, 0.2) is 29.8 Å². The van der Waals surface area contributed by atoms with Crippen molar-refractivity contribution in [1.29, 1.82) is 0 Å². The van der Waals surface area contributed by atoms with Crippen molar-refractivity contribution in [1.82, 2.24) is 0 Å². The molecule has 0 bridgehead atoms. The fourth-order valence-corrected chi connectivity index (χ4v) is 3.95. The SMILES string of the molecule is CCCCCCCCCCCCCCOc1ccc(/C=C(\C)C(=O)OCC(COC(C)=O)OC(C)=O)cc1. The van der Waals surface area contributed by atoms with Crippen molar-refractivity contribution in [2.45, 2.75) is 111 Å². The Labute approximate surface area is 229 Å². The molecule has 1 aromatic rings. The van der Waals surface area contributed by atoms with Crippen molar-refractivity contribution in [2.24, 2.45) is 0 Å². The summed E-state index contributed by atoms with van der Waals surface area (Å²) in [6, 6.07) is 7.55. The van der Waals surface area contributed by atoms with Gasteiger partial charge in [0.05, 0.1) is 6.61 Å². The lowest BCUT2D eigenvalue weighted by atomic mass is 10.1. The predicted octanol–water partition coefficient (Wildman–Crippen LogP) is 7.21. The van der Waals surface area contributed by atoms with Gasteiger partial charge in [0.15, 0.2) is 6.10 Å². The molecule has 7 nitrogen and oxygen atoms in total. The minimum absolute atomic E-state index is 0.175. The normalized spacial score (nSPS) is 12.1. The third kappa shape index (κ3) is 17.6. The number of carbonyl (C=O) groups is 3. The molecule has 1 aromatic carbocycles. The van der Waals surface area contributed by atoms with Crippen LogP contribution in [-0.4, -0.2) is 43.8 Å². The Kier molecular flexibility index (Phi) is 18.5. The zero-order valence-electron chi connectivity index (χ0n) is 23.9. The van der Waals surface area contributed by atoms with Crippen molar-refractivity contribution < 1.29 is 33.3 Å². The van der Waals surface area contributed by atoms with Crippen LogP contribution >= 0.6 is 0 Å². The standard InChI is InChI=1S/C31H48O7/c1-5-6-7-8-9-10-11-12-13-14-15-16-21-35-29-19-17-28(18-20-29)22-25(2)31(34)37-24-30(38-27(4)33)23-36-26(3)32/h17-20,22,30H,5-16,21,23-24H2,1-4H3/b25-22+. The molecule has 0 N–H and O–H groups in total. The van der Waals surface area contributed by atoms with E-state index < -0.39 is 24.0 Å². The first-order valence-electron chi connectivity index (χ1n) is 14.2. The van der Waals surface area contributed by atoms with E-state index in [1.165, 1.54) is 84.5 Å². The van der Waals surface area contributed by atoms with Crippen molar-refractivity contribution in [3.8, 4) is 5.75 Å². The molecule has 1 unspecified atom stereocenters. The number of carbonyl (C=O) groups excluding carboxylic acids is 3. The van der Waals surface area contributed by atoms with Gasteiger partial charge in [-0.15, -0.1) is 0 Å². The molecule has 0 aliphatic heterocycles. The monoisotopic (exact) mass is 532 g/mol. The first-order chi connectivity index (χ1) is 18.3. The van der Waals surface area contributed by atoms with Crippen LogP contribution in [0.3, 0.4) is 0 Å².